The highest BCUT2D eigenvalue weighted by Gasteiger charge is 1.95. The molecule has 0 saturated heterocycles. The largest absolute Gasteiger partial charge is 0.476 e. The molecule has 2 heterocycles. The Bertz CT molecular complexity index is 460. The van der Waals surface area contributed by atoms with Gasteiger partial charge >= 0.3 is 0 Å². The average Bonchev–Trinajstić information content (AvgIpc) is 2.42. The van der Waals surface area contributed by atoms with Crippen molar-refractivity contribution < 1.29 is 4.74 Å². The number of aromatic nitrogens is 3. The number of pyridine rings is 1. The van der Waals surface area contributed by atoms with E-state index in [1.165, 1.54) is 0 Å². The summed E-state index contributed by atoms with van der Waals surface area (Å²) in [6.45, 7) is 1.97. The van der Waals surface area contributed by atoms with Crippen molar-refractivity contribution in [2.45, 2.75) is 6.54 Å². The summed E-state index contributed by atoms with van der Waals surface area (Å²) in [5, 5.41) is 3.22. The fraction of sp³-hybridized carbons (Fsp3) is 0.250. The molecule has 0 spiro atoms. The average molecular weight is 245 g/mol. The van der Waals surface area contributed by atoms with Crippen molar-refractivity contribution in [3.63, 3.8) is 0 Å². The van der Waals surface area contributed by atoms with Gasteiger partial charge in [-0.1, -0.05) is 6.07 Å². The second kappa shape index (κ2) is 6.51. The molecule has 6 nitrogen and oxygen atoms in total. The smallest absolute Gasteiger partial charge is 0.219 e. The summed E-state index contributed by atoms with van der Waals surface area (Å²) in [5.74, 6) is 0.923. The summed E-state index contributed by atoms with van der Waals surface area (Å²) in [7, 11) is 0. The molecule has 2 aromatic rings. The number of anilines is 1. The lowest BCUT2D eigenvalue weighted by molar-refractivity contribution is 0.302. The quantitative estimate of drug-likeness (QED) is 0.726. The molecule has 0 aliphatic carbocycles. The zero-order valence-electron chi connectivity index (χ0n) is 9.91. The van der Waals surface area contributed by atoms with E-state index >= 15 is 0 Å². The SMILES string of the molecule is Nc1ncc(CNCCOc2ccccn2)cn1. The highest BCUT2D eigenvalue weighted by Crippen LogP contribution is 2.02. The minimum Gasteiger partial charge on any atom is -0.476 e. The molecule has 0 aliphatic rings. The molecule has 0 aromatic carbocycles. The van der Waals surface area contributed by atoms with E-state index in [9.17, 15) is 0 Å². The number of hydrogen-bond donors (Lipinski definition) is 2. The number of rotatable bonds is 6. The molecule has 0 unspecified atom stereocenters. The van der Waals surface area contributed by atoms with Gasteiger partial charge in [0.2, 0.25) is 11.8 Å². The zero-order valence-corrected chi connectivity index (χ0v) is 9.91. The summed E-state index contributed by atoms with van der Waals surface area (Å²) in [4.78, 5) is 11.9. The van der Waals surface area contributed by atoms with Crippen molar-refractivity contribution in [2.75, 3.05) is 18.9 Å². The maximum atomic E-state index is 5.44. The number of hydrogen-bond acceptors (Lipinski definition) is 6. The van der Waals surface area contributed by atoms with Gasteiger partial charge in [0.15, 0.2) is 0 Å². The molecule has 2 rings (SSSR count). The molecule has 0 radical (unpaired) electrons. The lowest BCUT2D eigenvalue weighted by Crippen LogP contribution is -2.21. The van der Waals surface area contributed by atoms with Gasteiger partial charge < -0.3 is 15.8 Å². The fourth-order valence-electron chi connectivity index (χ4n) is 1.35. The number of nitrogen functional groups attached to an aromatic ring is 1. The molecular weight excluding hydrogens is 230 g/mol. The Balaban J connectivity index is 1.63. The second-order valence-electron chi connectivity index (χ2n) is 3.64. The van der Waals surface area contributed by atoms with Gasteiger partial charge in [-0.2, -0.15) is 0 Å². The van der Waals surface area contributed by atoms with Crippen molar-refractivity contribution in [3.8, 4) is 5.88 Å². The fourth-order valence-corrected chi connectivity index (χ4v) is 1.35. The van der Waals surface area contributed by atoms with Crippen LogP contribution in [0, 0.1) is 0 Å². The highest BCUT2D eigenvalue weighted by atomic mass is 16.5. The third-order valence-corrected chi connectivity index (χ3v) is 2.22. The van der Waals surface area contributed by atoms with Crippen LogP contribution in [0.3, 0.4) is 0 Å². The van der Waals surface area contributed by atoms with Crippen LogP contribution in [0.15, 0.2) is 36.8 Å². The van der Waals surface area contributed by atoms with Gasteiger partial charge in [0.05, 0.1) is 0 Å². The Hall–Kier alpha value is -2.21. The van der Waals surface area contributed by atoms with E-state index in [1.54, 1.807) is 18.6 Å². The van der Waals surface area contributed by atoms with E-state index in [0.29, 0.717) is 19.0 Å². The maximum absolute atomic E-state index is 5.44. The topological polar surface area (TPSA) is 86.0 Å². The highest BCUT2D eigenvalue weighted by molar-refractivity contribution is 5.16. The molecule has 18 heavy (non-hydrogen) atoms. The van der Waals surface area contributed by atoms with Gasteiger partial charge in [0.25, 0.3) is 0 Å². The van der Waals surface area contributed by atoms with Gasteiger partial charge in [-0.05, 0) is 6.07 Å². The summed E-state index contributed by atoms with van der Waals surface area (Å²) in [6.07, 6.45) is 5.11. The first-order valence-corrected chi connectivity index (χ1v) is 5.65. The van der Waals surface area contributed by atoms with E-state index in [2.05, 4.69) is 20.3 Å². The first-order valence-electron chi connectivity index (χ1n) is 5.65. The van der Waals surface area contributed by atoms with Crippen LogP contribution in [-0.2, 0) is 6.54 Å². The van der Waals surface area contributed by atoms with Crippen LogP contribution in [0.25, 0.3) is 0 Å². The predicted octanol–water partition coefficient (Wildman–Crippen LogP) is 0.622. The summed E-state index contributed by atoms with van der Waals surface area (Å²) in [6, 6.07) is 5.57. The first-order chi connectivity index (χ1) is 8.84. The molecule has 0 fully saturated rings. The van der Waals surface area contributed by atoms with E-state index in [4.69, 9.17) is 10.5 Å². The van der Waals surface area contributed by atoms with Crippen molar-refractivity contribution in [2.24, 2.45) is 0 Å². The maximum Gasteiger partial charge on any atom is 0.219 e. The van der Waals surface area contributed by atoms with Crippen LogP contribution in [0.5, 0.6) is 5.88 Å². The molecule has 0 atom stereocenters. The Morgan fingerprint density at radius 1 is 1.17 bits per heavy atom. The molecular formula is C12H15N5O. The third kappa shape index (κ3) is 3.99. The molecule has 94 valence electrons. The van der Waals surface area contributed by atoms with Gasteiger partial charge in [0, 0.05) is 43.3 Å². The lowest BCUT2D eigenvalue weighted by Gasteiger charge is -2.06. The van der Waals surface area contributed by atoms with E-state index in [-0.39, 0.29) is 5.95 Å². The number of ether oxygens (including phenoxy) is 1. The second-order valence-corrected chi connectivity index (χ2v) is 3.64. The lowest BCUT2D eigenvalue weighted by atomic mass is 10.3. The summed E-state index contributed by atoms with van der Waals surface area (Å²) < 4.78 is 5.44. The predicted molar refractivity (Wildman–Crippen MR) is 67.9 cm³/mol. The monoisotopic (exact) mass is 245 g/mol. The van der Waals surface area contributed by atoms with E-state index in [0.717, 1.165) is 12.1 Å². The number of nitrogens with zero attached hydrogens (tertiary/aromatic N) is 3. The van der Waals surface area contributed by atoms with Gasteiger partial charge in [0.1, 0.15) is 6.61 Å². The van der Waals surface area contributed by atoms with E-state index < -0.39 is 0 Å². The normalized spacial score (nSPS) is 10.2. The molecule has 2 aromatic heterocycles. The van der Waals surface area contributed by atoms with Crippen molar-refractivity contribution >= 4 is 5.95 Å². The third-order valence-electron chi connectivity index (χ3n) is 2.22. The first kappa shape index (κ1) is 12.3. The summed E-state index contributed by atoms with van der Waals surface area (Å²) >= 11 is 0. The van der Waals surface area contributed by atoms with Crippen LogP contribution in [0.2, 0.25) is 0 Å². The Morgan fingerprint density at radius 3 is 2.72 bits per heavy atom. The molecule has 0 bridgehead atoms. The zero-order chi connectivity index (χ0) is 12.6. The molecule has 3 N–H and O–H groups in total. The van der Waals surface area contributed by atoms with Gasteiger partial charge in [-0.25, -0.2) is 15.0 Å². The molecule has 6 heteroatoms. The van der Waals surface area contributed by atoms with Gasteiger partial charge in [-0.3, -0.25) is 0 Å². The number of nitrogens with two attached hydrogens (primary N) is 1. The van der Waals surface area contributed by atoms with Crippen molar-refractivity contribution in [3.05, 3.63) is 42.4 Å². The summed E-state index contributed by atoms with van der Waals surface area (Å²) in [5.41, 5.74) is 6.39. The van der Waals surface area contributed by atoms with Crippen molar-refractivity contribution in [1.29, 1.82) is 0 Å². The van der Waals surface area contributed by atoms with Crippen LogP contribution >= 0.6 is 0 Å². The Labute approximate surface area is 105 Å². The van der Waals surface area contributed by atoms with E-state index in [1.807, 2.05) is 18.2 Å². The van der Waals surface area contributed by atoms with Crippen LogP contribution in [0.4, 0.5) is 5.95 Å². The molecule has 0 saturated carbocycles. The van der Waals surface area contributed by atoms with Crippen LogP contribution in [0.1, 0.15) is 5.56 Å². The molecule has 0 aliphatic heterocycles. The minimum absolute atomic E-state index is 0.289. The van der Waals surface area contributed by atoms with Crippen molar-refractivity contribution in [1.82, 2.24) is 20.3 Å². The minimum atomic E-state index is 0.289. The van der Waals surface area contributed by atoms with Crippen LogP contribution in [-0.4, -0.2) is 28.1 Å². The number of nitrogens with one attached hydrogen (secondary N) is 1. The van der Waals surface area contributed by atoms with Gasteiger partial charge in [-0.15, -0.1) is 0 Å². The molecule has 0 amide bonds. The standard InChI is InChI=1S/C12H15N5O/c13-12-16-8-10(9-17-12)7-14-5-6-18-11-3-1-2-4-15-11/h1-4,8-9,14H,5-7H2,(H2,13,16,17). The van der Waals surface area contributed by atoms with Crippen LogP contribution < -0.4 is 15.8 Å². The Kier molecular flexibility index (Phi) is 4.43. The Morgan fingerprint density at radius 2 is 2.00 bits per heavy atom.